The first kappa shape index (κ1) is 24.6. The van der Waals surface area contributed by atoms with Gasteiger partial charge in [0.1, 0.15) is 11.5 Å². The quantitative estimate of drug-likeness (QED) is 0.339. The third kappa shape index (κ3) is 3.97. The van der Waals surface area contributed by atoms with Crippen LogP contribution in [0, 0.1) is 6.92 Å². The van der Waals surface area contributed by atoms with E-state index in [0.717, 1.165) is 46.6 Å². The summed E-state index contributed by atoms with van der Waals surface area (Å²) in [5.41, 5.74) is 5.48. The van der Waals surface area contributed by atoms with Crippen LogP contribution in [0.5, 0.6) is 11.5 Å². The Morgan fingerprint density at radius 1 is 1.00 bits per heavy atom. The van der Waals surface area contributed by atoms with Crippen LogP contribution in [0.3, 0.4) is 0 Å². The van der Waals surface area contributed by atoms with Crippen molar-refractivity contribution < 1.29 is 19.1 Å². The van der Waals surface area contributed by atoms with Crippen LogP contribution in [-0.4, -0.2) is 31.5 Å². The Bertz CT molecular complexity index is 1420. The van der Waals surface area contributed by atoms with Gasteiger partial charge in [-0.2, -0.15) is 0 Å². The molecule has 0 saturated carbocycles. The van der Waals surface area contributed by atoms with Crippen LogP contribution in [0.15, 0.2) is 66.7 Å². The van der Waals surface area contributed by atoms with Crippen LogP contribution in [0.25, 0.3) is 0 Å². The number of carbonyl (C=O) groups is 2. The number of amides is 1. The highest BCUT2D eigenvalue weighted by atomic mass is 16.6. The lowest BCUT2D eigenvalue weighted by atomic mass is 9.76. The molecule has 6 heteroatoms. The average molecular weight is 497 g/mol. The molecule has 5 rings (SSSR count). The summed E-state index contributed by atoms with van der Waals surface area (Å²) < 4.78 is 12.8. The lowest BCUT2D eigenvalue weighted by Crippen LogP contribution is -2.34. The normalized spacial score (nSPS) is 16.8. The number of hydrogen-bond donors (Lipinski definition) is 1. The molecule has 0 bridgehead atoms. The zero-order valence-corrected chi connectivity index (χ0v) is 21.8. The standard InChI is InChI=1S/C31H32N2O4/c1-6-33(7-2)22-12-13-25-28(18-22)36-27-16-20(5)21(14-15-32-29(34)19(3)4)17-26(27)31(25)24-11-9-8-10-23(24)30(35)37-31/h8-13,16-18H,3,6-7,14-15H2,1-2,4-5H3,(H,32,34). The van der Waals surface area contributed by atoms with Crippen molar-refractivity contribution in [3.8, 4) is 11.5 Å². The molecule has 2 heterocycles. The van der Waals surface area contributed by atoms with E-state index in [1.54, 1.807) is 6.92 Å². The van der Waals surface area contributed by atoms with E-state index in [4.69, 9.17) is 9.47 Å². The second-order valence-corrected chi connectivity index (χ2v) is 9.63. The van der Waals surface area contributed by atoms with Gasteiger partial charge < -0.3 is 19.7 Å². The summed E-state index contributed by atoms with van der Waals surface area (Å²) in [6.45, 7) is 13.9. The molecule has 6 nitrogen and oxygen atoms in total. The van der Waals surface area contributed by atoms with Gasteiger partial charge in [0.15, 0.2) is 5.60 Å². The maximum atomic E-state index is 13.2. The van der Waals surface area contributed by atoms with Gasteiger partial charge in [-0.3, -0.25) is 4.79 Å². The van der Waals surface area contributed by atoms with Crippen LogP contribution >= 0.6 is 0 Å². The molecule has 1 spiro atoms. The predicted octanol–water partition coefficient (Wildman–Crippen LogP) is 5.64. The first-order valence-corrected chi connectivity index (χ1v) is 12.8. The van der Waals surface area contributed by atoms with Gasteiger partial charge in [-0.15, -0.1) is 0 Å². The van der Waals surface area contributed by atoms with Crippen molar-refractivity contribution in [1.82, 2.24) is 5.32 Å². The monoisotopic (exact) mass is 496 g/mol. The number of nitrogens with zero attached hydrogens (tertiary/aromatic N) is 1. The lowest BCUT2D eigenvalue weighted by Gasteiger charge is -2.37. The molecule has 2 aliphatic rings. The van der Waals surface area contributed by atoms with Gasteiger partial charge in [0.25, 0.3) is 0 Å². The zero-order chi connectivity index (χ0) is 26.3. The highest BCUT2D eigenvalue weighted by molar-refractivity contribution is 5.97. The van der Waals surface area contributed by atoms with Crippen molar-refractivity contribution in [2.75, 3.05) is 24.5 Å². The molecule has 1 atom stereocenters. The van der Waals surface area contributed by atoms with E-state index >= 15 is 0 Å². The predicted molar refractivity (Wildman–Crippen MR) is 145 cm³/mol. The Hall–Kier alpha value is -4.06. The molecular weight excluding hydrogens is 464 g/mol. The van der Waals surface area contributed by atoms with Crippen LogP contribution in [0.2, 0.25) is 0 Å². The maximum Gasteiger partial charge on any atom is 0.340 e. The van der Waals surface area contributed by atoms with Crippen LogP contribution < -0.4 is 15.0 Å². The molecule has 37 heavy (non-hydrogen) atoms. The minimum absolute atomic E-state index is 0.160. The molecule has 1 amide bonds. The molecule has 0 aromatic heterocycles. The Morgan fingerprint density at radius 3 is 2.46 bits per heavy atom. The Kier molecular flexibility index (Phi) is 6.28. The number of hydrogen-bond acceptors (Lipinski definition) is 5. The molecule has 3 aromatic carbocycles. The molecule has 0 saturated heterocycles. The SMILES string of the molecule is C=C(C)C(=O)NCCc1cc2c(cc1C)Oc1cc(N(CC)CC)ccc1C21OC(=O)c2ccccc21. The van der Waals surface area contributed by atoms with Crippen molar-refractivity contribution in [2.45, 2.75) is 39.7 Å². The van der Waals surface area contributed by atoms with Crippen molar-refractivity contribution in [1.29, 1.82) is 0 Å². The van der Waals surface area contributed by atoms with Gasteiger partial charge in [0.05, 0.1) is 5.56 Å². The Morgan fingerprint density at radius 2 is 1.73 bits per heavy atom. The van der Waals surface area contributed by atoms with Crippen molar-refractivity contribution in [3.05, 3.63) is 100 Å². The number of nitrogens with one attached hydrogen (secondary N) is 1. The number of aryl methyl sites for hydroxylation is 1. The second kappa shape index (κ2) is 9.43. The third-order valence-electron chi connectivity index (χ3n) is 7.35. The second-order valence-electron chi connectivity index (χ2n) is 9.63. The number of fused-ring (bicyclic) bond motifs is 6. The largest absolute Gasteiger partial charge is 0.456 e. The number of rotatable bonds is 7. The van der Waals surface area contributed by atoms with Gasteiger partial charge in [0, 0.05) is 53.7 Å². The fourth-order valence-corrected chi connectivity index (χ4v) is 5.37. The summed E-state index contributed by atoms with van der Waals surface area (Å²) >= 11 is 0. The zero-order valence-electron chi connectivity index (χ0n) is 21.8. The summed E-state index contributed by atoms with van der Waals surface area (Å²) in [6.07, 6.45) is 0.623. The van der Waals surface area contributed by atoms with Gasteiger partial charge >= 0.3 is 5.97 Å². The van der Waals surface area contributed by atoms with E-state index in [1.165, 1.54) is 0 Å². The van der Waals surface area contributed by atoms with Gasteiger partial charge in [0.2, 0.25) is 5.91 Å². The molecular formula is C31H32N2O4. The fraction of sp³-hybridized carbons (Fsp3) is 0.290. The fourth-order valence-electron chi connectivity index (χ4n) is 5.37. The van der Waals surface area contributed by atoms with Crippen LogP contribution in [0.1, 0.15) is 58.9 Å². The first-order valence-electron chi connectivity index (χ1n) is 12.8. The number of ether oxygens (including phenoxy) is 2. The molecule has 0 fully saturated rings. The average Bonchev–Trinajstić information content (AvgIpc) is 3.18. The third-order valence-corrected chi connectivity index (χ3v) is 7.35. The van der Waals surface area contributed by atoms with Crippen molar-refractivity contribution >= 4 is 17.6 Å². The Labute approximate surface area is 217 Å². The van der Waals surface area contributed by atoms with Crippen LogP contribution in [0.4, 0.5) is 5.69 Å². The van der Waals surface area contributed by atoms with Gasteiger partial charge in [-0.1, -0.05) is 24.8 Å². The highest BCUT2D eigenvalue weighted by Crippen LogP contribution is 2.57. The molecule has 1 N–H and O–H groups in total. The van der Waals surface area contributed by atoms with Crippen molar-refractivity contribution in [3.63, 3.8) is 0 Å². The molecule has 3 aromatic rings. The molecule has 2 aliphatic heterocycles. The molecule has 0 aliphatic carbocycles. The minimum Gasteiger partial charge on any atom is -0.456 e. The summed E-state index contributed by atoms with van der Waals surface area (Å²) in [7, 11) is 0. The van der Waals surface area contributed by atoms with E-state index in [2.05, 4.69) is 42.8 Å². The molecule has 1 unspecified atom stereocenters. The minimum atomic E-state index is -1.11. The summed E-state index contributed by atoms with van der Waals surface area (Å²) in [5, 5.41) is 2.91. The van der Waals surface area contributed by atoms with E-state index in [9.17, 15) is 9.59 Å². The highest BCUT2D eigenvalue weighted by Gasteiger charge is 2.53. The van der Waals surface area contributed by atoms with E-state index in [1.807, 2.05) is 49.4 Å². The number of esters is 1. The maximum absolute atomic E-state index is 13.2. The summed E-state index contributed by atoms with van der Waals surface area (Å²) in [4.78, 5) is 27.4. The number of anilines is 1. The van der Waals surface area contributed by atoms with E-state index in [0.29, 0.717) is 35.6 Å². The van der Waals surface area contributed by atoms with E-state index in [-0.39, 0.29) is 11.9 Å². The topological polar surface area (TPSA) is 67.9 Å². The number of carbonyl (C=O) groups excluding carboxylic acids is 2. The van der Waals surface area contributed by atoms with Gasteiger partial charge in [-0.25, -0.2) is 4.79 Å². The Balaban J connectivity index is 1.66. The van der Waals surface area contributed by atoms with E-state index < -0.39 is 5.60 Å². The smallest absolute Gasteiger partial charge is 0.340 e. The van der Waals surface area contributed by atoms with Crippen LogP contribution in [-0.2, 0) is 21.6 Å². The molecule has 190 valence electrons. The number of benzene rings is 3. The summed E-state index contributed by atoms with van der Waals surface area (Å²) in [6, 6.07) is 17.8. The first-order chi connectivity index (χ1) is 17.8. The summed E-state index contributed by atoms with van der Waals surface area (Å²) in [5.74, 6) is 0.841. The van der Waals surface area contributed by atoms with Crippen molar-refractivity contribution in [2.24, 2.45) is 0 Å². The molecule has 0 radical (unpaired) electrons. The lowest BCUT2D eigenvalue weighted by molar-refractivity contribution is -0.117. The van der Waals surface area contributed by atoms with Gasteiger partial charge in [-0.05, 0) is 75.6 Å².